The van der Waals surface area contributed by atoms with Gasteiger partial charge in [-0.25, -0.2) is 0 Å². The van der Waals surface area contributed by atoms with Crippen LogP contribution in [0.3, 0.4) is 0 Å². The number of carbonyl (C=O) groups excluding carboxylic acids is 1. The lowest BCUT2D eigenvalue weighted by molar-refractivity contribution is -0.131. The fourth-order valence-electron chi connectivity index (χ4n) is 5.22. The monoisotopic (exact) mass is 498 g/mol. The Kier molecular flexibility index (Phi) is 8.80. The van der Waals surface area contributed by atoms with Crippen LogP contribution in [0.4, 0.5) is 0 Å². The number of fused-ring (bicyclic) bond motifs is 1. The Morgan fingerprint density at radius 3 is 2.28 bits per heavy atom. The molecule has 196 valence electrons. The highest BCUT2D eigenvalue weighted by Gasteiger charge is 2.27. The summed E-state index contributed by atoms with van der Waals surface area (Å²) in [6, 6.07) is 9.58. The van der Waals surface area contributed by atoms with Crippen molar-refractivity contribution in [1.82, 2.24) is 9.80 Å². The van der Waals surface area contributed by atoms with Crippen LogP contribution in [0.2, 0.25) is 0 Å². The molecule has 0 saturated carbocycles. The third-order valence-electron chi connectivity index (χ3n) is 7.16. The maximum absolute atomic E-state index is 13.1. The molecule has 2 aliphatic heterocycles. The predicted octanol–water partition coefficient (Wildman–Crippen LogP) is 3.44. The van der Waals surface area contributed by atoms with Crippen molar-refractivity contribution in [3.8, 4) is 28.7 Å². The van der Waals surface area contributed by atoms with Gasteiger partial charge in [0.05, 0.1) is 34.9 Å². The summed E-state index contributed by atoms with van der Waals surface area (Å²) in [7, 11) is 6.52. The molecule has 1 fully saturated rings. The minimum atomic E-state index is 0.190. The minimum absolute atomic E-state index is 0.190. The molecule has 2 heterocycles. The second kappa shape index (κ2) is 12.2. The molecule has 0 N–H and O–H groups in total. The maximum Gasteiger partial charge on any atom is 0.227 e. The first-order valence-corrected chi connectivity index (χ1v) is 12.6. The van der Waals surface area contributed by atoms with Crippen molar-refractivity contribution in [2.45, 2.75) is 25.7 Å². The summed E-state index contributed by atoms with van der Waals surface area (Å²) in [6.07, 6.45) is 3.52. The number of carbonyl (C=O) groups is 1. The highest BCUT2D eigenvalue weighted by Crippen LogP contribution is 2.33. The fourth-order valence-corrected chi connectivity index (χ4v) is 5.22. The molecule has 1 amide bonds. The van der Waals surface area contributed by atoms with Gasteiger partial charge in [0.2, 0.25) is 5.91 Å². The van der Waals surface area contributed by atoms with Crippen molar-refractivity contribution in [3.05, 3.63) is 41.5 Å². The third kappa shape index (κ3) is 6.16. The third-order valence-corrected chi connectivity index (χ3v) is 7.16. The first kappa shape index (κ1) is 25.9. The summed E-state index contributed by atoms with van der Waals surface area (Å²) in [5.74, 6) is 4.17. The number of hydrogen-bond acceptors (Lipinski definition) is 7. The van der Waals surface area contributed by atoms with Gasteiger partial charge in [0.1, 0.15) is 12.4 Å². The fraction of sp³-hybridized carbons (Fsp3) is 0.536. The van der Waals surface area contributed by atoms with Crippen molar-refractivity contribution >= 4 is 5.91 Å². The molecule has 0 aliphatic carbocycles. The van der Waals surface area contributed by atoms with Crippen LogP contribution >= 0.6 is 0 Å². The lowest BCUT2D eigenvalue weighted by Gasteiger charge is -2.35. The van der Waals surface area contributed by atoms with Gasteiger partial charge in [0.25, 0.3) is 0 Å². The number of piperidine rings is 1. The standard InChI is InChI=1S/C28H38N2O6/c1-32-24-8-7-23(17-27(24)35-4)36-13-12-29-10-5-6-20(18-29)19-30-11-9-21-14-25(33-2)26(34-3)15-22(21)16-28(30)31/h7-8,14-15,17,20H,5-6,9-13,16,18-19H2,1-4H3. The summed E-state index contributed by atoms with van der Waals surface area (Å²) in [5.41, 5.74) is 2.21. The summed E-state index contributed by atoms with van der Waals surface area (Å²) in [6.45, 7) is 5.03. The van der Waals surface area contributed by atoms with Gasteiger partial charge in [0, 0.05) is 32.2 Å². The van der Waals surface area contributed by atoms with Crippen LogP contribution < -0.4 is 23.7 Å². The second-order valence-corrected chi connectivity index (χ2v) is 9.42. The van der Waals surface area contributed by atoms with Gasteiger partial charge in [0.15, 0.2) is 23.0 Å². The van der Waals surface area contributed by atoms with E-state index in [1.807, 2.05) is 35.2 Å². The Morgan fingerprint density at radius 2 is 1.56 bits per heavy atom. The van der Waals surface area contributed by atoms with Crippen molar-refractivity contribution in [2.75, 3.05) is 67.8 Å². The largest absolute Gasteiger partial charge is 0.493 e. The zero-order valence-corrected chi connectivity index (χ0v) is 21.9. The van der Waals surface area contributed by atoms with Crippen molar-refractivity contribution in [2.24, 2.45) is 5.92 Å². The molecule has 2 aromatic rings. The smallest absolute Gasteiger partial charge is 0.227 e. The van der Waals surface area contributed by atoms with Gasteiger partial charge in [-0.15, -0.1) is 0 Å². The maximum atomic E-state index is 13.1. The van der Waals surface area contributed by atoms with Gasteiger partial charge in [-0.05, 0) is 67.1 Å². The molecule has 0 bridgehead atoms. The number of benzene rings is 2. The lowest BCUT2D eigenvalue weighted by atomic mass is 9.97. The van der Waals surface area contributed by atoms with Crippen LogP contribution in [-0.4, -0.2) is 83.5 Å². The average molecular weight is 499 g/mol. The molecule has 8 heteroatoms. The van der Waals surface area contributed by atoms with E-state index in [-0.39, 0.29) is 5.91 Å². The molecule has 0 spiro atoms. The molecule has 36 heavy (non-hydrogen) atoms. The molecule has 4 rings (SSSR count). The van der Waals surface area contributed by atoms with E-state index < -0.39 is 0 Å². The Bertz CT molecular complexity index is 1040. The molecule has 1 atom stereocenters. The molecule has 2 aliphatic rings. The Labute approximate surface area is 214 Å². The Morgan fingerprint density at radius 1 is 0.861 bits per heavy atom. The zero-order chi connectivity index (χ0) is 25.5. The first-order valence-electron chi connectivity index (χ1n) is 12.6. The van der Waals surface area contributed by atoms with Crippen molar-refractivity contribution in [1.29, 1.82) is 0 Å². The molecule has 0 radical (unpaired) electrons. The second-order valence-electron chi connectivity index (χ2n) is 9.42. The highest BCUT2D eigenvalue weighted by molar-refractivity contribution is 5.80. The van der Waals surface area contributed by atoms with Crippen LogP contribution in [0.25, 0.3) is 0 Å². The minimum Gasteiger partial charge on any atom is -0.493 e. The molecular weight excluding hydrogens is 460 g/mol. The molecule has 1 unspecified atom stereocenters. The highest BCUT2D eigenvalue weighted by atomic mass is 16.5. The van der Waals surface area contributed by atoms with Gasteiger partial charge < -0.3 is 28.6 Å². The van der Waals surface area contributed by atoms with E-state index >= 15 is 0 Å². The zero-order valence-electron chi connectivity index (χ0n) is 21.9. The molecule has 1 saturated heterocycles. The first-order chi connectivity index (χ1) is 17.5. The predicted molar refractivity (Wildman–Crippen MR) is 138 cm³/mol. The van der Waals surface area contributed by atoms with Crippen LogP contribution in [0, 0.1) is 5.92 Å². The molecule has 0 aromatic heterocycles. The van der Waals surface area contributed by atoms with Gasteiger partial charge in [-0.1, -0.05) is 0 Å². The summed E-state index contributed by atoms with van der Waals surface area (Å²) in [4.78, 5) is 17.6. The van der Waals surface area contributed by atoms with E-state index in [1.54, 1.807) is 28.4 Å². The Balaban J connectivity index is 1.29. The molecule has 8 nitrogen and oxygen atoms in total. The normalized spacial score (nSPS) is 18.3. The summed E-state index contributed by atoms with van der Waals surface area (Å²) in [5, 5.41) is 0. The molecular formula is C28H38N2O6. The number of rotatable bonds is 10. The van der Waals surface area contributed by atoms with Crippen LogP contribution in [-0.2, 0) is 17.6 Å². The van der Waals surface area contributed by atoms with E-state index in [0.29, 0.717) is 36.2 Å². The summed E-state index contributed by atoms with van der Waals surface area (Å²) < 4.78 is 27.5. The van der Waals surface area contributed by atoms with E-state index in [9.17, 15) is 4.79 Å². The number of hydrogen-bond donors (Lipinski definition) is 0. The number of amides is 1. The summed E-state index contributed by atoms with van der Waals surface area (Å²) >= 11 is 0. The molecule has 2 aromatic carbocycles. The number of ether oxygens (including phenoxy) is 5. The quantitative estimate of drug-likeness (QED) is 0.497. The van der Waals surface area contributed by atoms with Gasteiger partial charge in [-0.2, -0.15) is 0 Å². The van der Waals surface area contributed by atoms with Crippen LogP contribution in [0.15, 0.2) is 30.3 Å². The van der Waals surface area contributed by atoms with Gasteiger partial charge in [-0.3, -0.25) is 9.69 Å². The van der Waals surface area contributed by atoms with Crippen molar-refractivity contribution in [3.63, 3.8) is 0 Å². The van der Waals surface area contributed by atoms with Gasteiger partial charge >= 0.3 is 0 Å². The van der Waals surface area contributed by atoms with E-state index in [1.165, 1.54) is 5.56 Å². The van der Waals surface area contributed by atoms with Crippen LogP contribution in [0.5, 0.6) is 28.7 Å². The SMILES string of the molecule is COc1ccc(OCCN2CCCC(CN3CCc4cc(OC)c(OC)cc4CC3=O)C2)cc1OC. The topological polar surface area (TPSA) is 69.7 Å². The number of nitrogens with zero attached hydrogens (tertiary/aromatic N) is 2. The van der Waals surface area contributed by atoms with Crippen LogP contribution in [0.1, 0.15) is 24.0 Å². The van der Waals surface area contributed by atoms with Crippen molar-refractivity contribution < 1.29 is 28.5 Å². The van der Waals surface area contributed by atoms with E-state index in [2.05, 4.69) is 4.90 Å². The Hall–Kier alpha value is -3.13. The number of methoxy groups -OCH3 is 4. The van der Waals surface area contributed by atoms with E-state index in [0.717, 1.165) is 69.0 Å². The number of likely N-dealkylation sites (tertiary alicyclic amines) is 1. The lowest BCUT2D eigenvalue weighted by Crippen LogP contribution is -2.44. The average Bonchev–Trinajstić information content (AvgIpc) is 3.05. The van der Waals surface area contributed by atoms with E-state index in [4.69, 9.17) is 23.7 Å².